The molecule has 2 N–H and O–H groups in total. The maximum Gasteiger partial charge on any atom is 0.408 e. The number of alkyl halides is 1. The molecule has 3 saturated heterocycles. The molecule has 1 amide bonds. The monoisotopic (exact) mass is 630 g/mol. The first kappa shape index (κ1) is 36.3. The molecule has 252 valence electrons. The number of aliphatic hydroxyl groups excluding tert-OH is 1. The zero-order valence-corrected chi connectivity index (χ0v) is 27.8. The second kappa shape index (κ2) is 13.3. The number of likely N-dealkylation sites (N-methyl/N-ethyl adjacent to an activating group) is 1. The number of methoxy groups -OCH3 is 1. The average molecular weight is 631 g/mol. The van der Waals surface area contributed by atoms with E-state index in [2.05, 4.69) is 5.32 Å². The van der Waals surface area contributed by atoms with Crippen LogP contribution in [0.4, 0.5) is 9.18 Å². The number of aliphatic hydroxyl groups is 1. The van der Waals surface area contributed by atoms with Crippen LogP contribution in [-0.2, 0) is 38.1 Å². The number of cyclic esters (lactones) is 1. The fraction of sp³-hybridized carbons (Fsp3) is 0.871. The molecule has 3 aliphatic heterocycles. The number of ketones is 2. The number of carbonyl (C=O) groups is 4. The third-order valence-electron chi connectivity index (χ3n) is 9.95. The quantitative estimate of drug-likeness (QED) is 0.341. The zero-order valence-electron chi connectivity index (χ0n) is 27.8. The molecule has 2 unspecified atom stereocenters. The summed E-state index contributed by atoms with van der Waals surface area (Å²) in [5.74, 6) is -5.67. The van der Waals surface area contributed by atoms with Crippen molar-refractivity contribution in [3.8, 4) is 0 Å². The van der Waals surface area contributed by atoms with Gasteiger partial charge >= 0.3 is 12.1 Å². The Balaban J connectivity index is 2.14. The molecular weight excluding hydrogens is 579 g/mol. The Morgan fingerprint density at radius 1 is 1.07 bits per heavy atom. The summed E-state index contributed by atoms with van der Waals surface area (Å²) in [4.78, 5) is 55.5. The van der Waals surface area contributed by atoms with Gasteiger partial charge in [0.15, 0.2) is 17.7 Å². The lowest BCUT2D eigenvalue weighted by Gasteiger charge is -2.47. The Hall–Kier alpha value is -2.19. The van der Waals surface area contributed by atoms with Crippen LogP contribution >= 0.6 is 0 Å². The Bertz CT molecular complexity index is 1100. The van der Waals surface area contributed by atoms with Crippen LogP contribution in [0.25, 0.3) is 0 Å². The molecule has 13 atom stereocenters. The average Bonchev–Trinajstić information content (AvgIpc) is 3.27. The first-order valence-corrected chi connectivity index (χ1v) is 15.4. The fourth-order valence-corrected chi connectivity index (χ4v) is 7.19. The number of ether oxygens (including phenoxy) is 5. The van der Waals surface area contributed by atoms with Crippen molar-refractivity contribution >= 4 is 23.6 Å². The first-order valence-electron chi connectivity index (χ1n) is 15.4. The first-order chi connectivity index (χ1) is 20.2. The highest BCUT2D eigenvalue weighted by Crippen LogP contribution is 2.41. The molecule has 0 spiro atoms. The van der Waals surface area contributed by atoms with E-state index in [1.54, 1.807) is 27.7 Å². The molecule has 13 heteroatoms. The Morgan fingerprint density at radius 3 is 2.23 bits per heavy atom. The third kappa shape index (κ3) is 6.67. The van der Waals surface area contributed by atoms with Gasteiger partial charge < -0.3 is 39.0 Å². The number of alkyl carbamates (subject to hydrolysis) is 1. The number of Topliss-reactive ketones (excluding diaryl/α,β-unsaturated/α-hetero) is 2. The molecule has 3 aliphatic rings. The zero-order chi connectivity index (χ0) is 33.5. The number of fused-ring (bicyclic) bond motifs is 1. The van der Waals surface area contributed by atoms with Crippen molar-refractivity contribution in [1.29, 1.82) is 0 Å². The lowest BCUT2D eigenvalue weighted by molar-refractivity contribution is -0.295. The van der Waals surface area contributed by atoms with Gasteiger partial charge in [-0.1, -0.05) is 27.7 Å². The molecule has 12 nitrogen and oxygen atoms in total. The van der Waals surface area contributed by atoms with E-state index in [1.807, 2.05) is 25.9 Å². The maximum atomic E-state index is 16.4. The smallest absolute Gasteiger partial charge is 0.408 e. The summed E-state index contributed by atoms with van der Waals surface area (Å²) in [6.07, 6.45) is -5.27. The molecule has 0 aromatic rings. The van der Waals surface area contributed by atoms with Crippen LogP contribution in [0.2, 0.25) is 0 Å². The van der Waals surface area contributed by atoms with Crippen molar-refractivity contribution < 1.29 is 52.4 Å². The number of rotatable bonds is 5. The van der Waals surface area contributed by atoms with Crippen LogP contribution in [0.15, 0.2) is 0 Å². The molecule has 0 bridgehead atoms. The summed E-state index contributed by atoms with van der Waals surface area (Å²) in [6, 6.07) is -1.25. The third-order valence-corrected chi connectivity index (χ3v) is 9.95. The van der Waals surface area contributed by atoms with Gasteiger partial charge in [-0.05, 0) is 61.1 Å². The Labute approximate surface area is 259 Å². The van der Waals surface area contributed by atoms with Crippen molar-refractivity contribution in [2.45, 2.75) is 134 Å². The van der Waals surface area contributed by atoms with Gasteiger partial charge in [0, 0.05) is 30.9 Å². The SMILES string of the molecule is CC[C@H]1OC(=O)[C@@](C)(F)C(=O)[C@H](C)[C@@H](O[C@@H]2O[C@H](C)CC(N(C)C)C2O)[C@](C)(OC)C[C@@H](C)C(=O)[C@H](C)[C@H]2NC(=O)O[C@@]21C. The van der Waals surface area contributed by atoms with E-state index in [4.69, 9.17) is 23.7 Å². The normalized spacial score (nSPS) is 46.1. The summed E-state index contributed by atoms with van der Waals surface area (Å²) in [5.41, 5.74) is -6.06. The summed E-state index contributed by atoms with van der Waals surface area (Å²) in [7, 11) is 5.02. The Kier molecular flexibility index (Phi) is 10.9. The number of halogens is 1. The van der Waals surface area contributed by atoms with E-state index in [0.29, 0.717) is 6.42 Å². The number of hydrogen-bond donors (Lipinski definition) is 2. The van der Waals surface area contributed by atoms with Crippen LogP contribution < -0.4 is 5.32 Å². The van der Waals surface area contributed by atoms with Crippen molar-refractivity contribution in [3.63, 3.8) is 0 Å². The summed E-state index contributed by atoms with van der Waals surface area (Å²) < 4.78 is 45.8. The van der Waals surface area contributed by atoms with Crippen molar-refractivity contribution in [1.82, 2.24) is 10.2 Å². The largest absolute Gasteiger partial charge is 0.455 e. The summed E-state index contributed by atoms with van der Waals surface area (Å²) in [5, 5.41) is 13.9. The molecule has 3 rings (SSSR count). The lowest BCUT2D eigenvalue weighted by Crippen LogP contribution is -2.61. The number of amides is 1. The van der Waals surface area contributed by atoms with Crippen molar-refractivity contribution in [3.05, 3.63) is 0 Å². The fourth-order valence-electron chi connectivity index (χ4n) is 7.19. The van der Waals surface area contributed by atoms with E-state index in [1.165, 1.54) is 21.0 Å². The second-order valence-electron chi connectivity index (χ2n) is 13.6. The van der Waals surface area contributed by atoms with Gasteiger partial charge in [0.1, 0.15) is 18.0 Å². The summed E-state index contributed by atoms with van der Waals surface area (Å²) >= 11 is 0. The van der Waals surface area contributed by atoms with Gasteiger partial charge in [-0.15, -0.1) is 0 Å². The highest BCUT2D eigenvalue weighted by molar-refractivity contribution is 6.07. The summed E-state index contributed by atoms with van der Waals surface area (Å²) in [6.45, 7) is 12.2. The van der Waals surface area contributed by atoms with Gasteiger partial charge in [-0.25, -0.2) is 14.0 Å². The van der Waals surface area contributed by atoms with Gasteiger partial charge in [-0.2, -0.15) is 0 Å². The standard InChI is InChI=1S/C31H51FN2O10/c1-12-20-31(8)23(33-28(39)44-31)17(4)21(35)15(2)14-29(6,40-11)25(18(5)24(37)30(7,32)27(38)42-20)43-26-22(36)19(34(9)10)13-16(3)41-26/h15-20,22-23,25-26,36H,12-14H2,1-11H3,(H,33,39)/t15-,16-,17+,18+,19?,20-,22?,23-,25-,26+,29-,30+,31-/m1/s1. The lowest BCUT2D eigenvalue weighted by atomic mass is 9.73. The van der Waals surface area contributed by atoms with Crippen molar-refractivity contribution in [2.24, 2.45) is 17.8 Å². The van der Waals surface area contributed by atoms with Crippen molar-refractivity contribution in [2.75, 3.05) is 21.2 Å². The predicted molar refractivity (Wildman–Crippen MR) is 156 cm³/mol. The minimum atomic E-state index is -3.13. The van der Waals surface area contributed by atoms with E-state index < -0.39 is 83.1 Å². The molecule has 0 aromatic heterocycles. The molecule has 0 aliphatic carbocycles. The predicted octanol–water partition coefficient (Wildman–Crippen LogP) is 2.57. The van der Waals surface area contributed by atoms with Crippen LogP contribution in [0.1, 0.15) is 74.7 Å². The second-order valence-corrected chi connectivity index (χ2v) is 13.6. The molecule has 44 heavy (non-hydrogen) atoms. The van der Waals surface area contributed by atoms with Crippen LogP contribution in [-0.4, -0.2) is 115 Å². The number of hydrogen-bond acceptors (Lipinski definition) is 11. The van der Waals surface area contributed by atoms with Crippen LogP contribution in [0.5, 0.6) is 0 Å². The van der Waals surface area contributed by atoms with Crippen LogP contribution in [0.3, 0.4) is 0 Å². The van der Waals surface area contributed by atoms with Gasteiger partial charge in [0.2, 0.25) is 0 Å². The minimum Gasteiger partial charge on any atom is -0.455 e. The van der Waals surface area contributed by atoms with E-state index in [-0.39, 0.29) is 30.8 Å². The van der Waals surface area contributed by atoms with E-state index in [0.717, 1.165) is 6.92 Å². The molecule has 0 radical (unpaired) electrons. The number of nitrogens with zero attached hydrogens (tertiary/aromatic N) is 1. The van der Waals surface area contributed by atoms with Gasteiger partial charge in [0.25, 0.3) is 5.67 Å². The molecule has 0 saturated carbocycles. The topological polar surface area (TPSA) is 150 Å². The number of carbonyl (C=O) groups excluding carboxylic acids is 4. The molecule has 0 aromatic carbocycles. The van der Waals surface area contributed by atoms with Gasteiger partial charge in [0.05, 0.1) is 23.9 Å². The number of nitrogens with one attached hydrogen (secondary N) is 1. The van der Waals surface area contributed by atoms with E-state index >= 15 is 4.39 Å². The van der Waals surface area contributed by atoms with Gasteiger partial charge in [-0.3, -0.25) is 9.59 Å². The molecule has 3 heterocycles. The highest BCUT2D eigenvalue weighted by atomic mass is 19.1. The van der Waals surface area contributed by atoms with Crippen LogP contribution in [0, 0.1) is 17.8 Å². The number of esters is 1. The maximum absolute atomic E-state index is 16.4. The van der Waals surface area contributed by atoms with E-state index in [9.17, 15) is 24.3 Å². The highest BCUT2D eigenvalue weighted by Gasteiger charge is 2.59. The minimum absolute atomic E-state index is 0.0212. The molecular formula is C31H51FN2O10. The molecule has 3 fully saturated rings. The Morgan fingerprint density at radius 2 is 1.68 bits per heavy atom.